The highest BCUT2D eigenvalue weighted by molar-refractivity contribution is 5.29. The fourth-order valence-electron chi connectivity index (χ4n) is 3.27. The molecule has 2 rings (SSSR count). The van der Waals surface area contributed by atoms with E-state index in [4.69, 9.17) is 4.74 Å². The fourth-order valence-corrected chi connectivity index (χ4v) is 3.27. The van der Waals surface area contributed by atoms with Gasteiger partial charge in [0.25, 0.3) is 0 Å². The number of rotatable bonds is 5. The van der Waals surface area contributed by atoms with Gasteiger partial charge in [0.1, 0.15) is 5.75 Å². The van der Waals surface area contributed by atoms with Gasteiger partial charge in [0.05, 0.1) is 13.2 Å². The van der Waals surface area contributed by atoms with Crippen molar-refractivity contribution >= 4 is 0 Å². The molecule has 4 nitrogen and oxygen atoms in total. The van der Waals surface area contributed by atoms with Crippen molar-refractivity contribution < 1.29 is 9.84 Å². The summed E-state index contributed by atoms with van der Waals surface area (Å²) in [5, 5.41) is 10.6. The van der Waals surface area contributed by atoms with E-state index in [0.717, 1.165) is 24.4 Å². The van der Waals surface area contributed by atoms with Crippen molar-refractivity contribution in [1.82, 2.24) is 9.80 Å². The zero-order valence-corrected chi connectivity index (χ0v) is 13.8. The van der Waals surface area contributed by atoms with E-state index in [9.17, 15) is 5.11 Å². The Bertz CT molecular complexity index is 447. The summed E-state index contributed by atoms with van der Waals surface area (Å²) in [4.78, 5) is 4.68. The Hall–Kier alpha value is -1.10. The number of nitrogens with zero attached hydrogens (tertiary/aromatic N) is 2. The van der Waals surface area contributed by atoms with E-state index in [0.29, 0.717) is 12.0 Å². The molecule has 1 aliphatic heterocycles. The van der Waals surface area contributed by atoms with E-state index < -0.39 is 6.10 Å². The number of aliphatic hydroxyl groups excluding tert-OH is 1. The second-order valence-electron chi connectivity index (χ2n) is 6.42. The van der Waals surface area contributed by atoms with Crippen molar-refractivity contribution in [3.8, 4) is 5.75 Å². The highest BCUT2D eigenvalue weighted by atomic mass is 16.5. The second kappa shape index (κ2) is 6.77. The lowest BCUT2D eigenvalue weighted by Crippen LogP contribution is -2.39. The smallest absolute Gasteiger partial charge is 0.118 e. The minimum atomic E-state index is -0.469. The summed E-state index contributed by atoms with van der Waals surface area (Å²) in [5.41, 5.74) is 0.948. The van der Waals surface area contributed by atoms with E-state index in [1.807, 2.05) is 24.3 Å². The van der Waals surface area contributed by atoms with Gasteiger partial charge in [-0.05, 0) is 44.6 Å². The lowest BCUT2D eigenvalue weighted by molar-refractivity contribution is 0.0673. The Morgan fingerprint density at radius 1 is 1.24 bits per heavy atom. The zero-order valence-electron chi connectivity index (χ0n) is 13.8. The molecule has 1 saturated heterocycles. The number of hydrogen-bond acceptors (Lipinski definition) is 4. The molecule has 4 atom stereocenters. The molecule has 1 aromatic rings. The predicted octanol–water partition coefficient (Wildman–Crippen LogP) is 2.00. The van der Waals surface area contributed by atoms with Crippen LogP contribution in [0.5, 0.6) is 5.75 Å². The van der Waals surface area contributed by atoms with Crippen molar-refractivity contribution in [1.29, 1.82) is 0 Å². The third-order valence-corrected chi connectivity index (χ3v) is 4.75. The van der Waals surface area contributed by atoms with Gasteiger partial charge in [-0.15, -0.1) is 0 Å². The topological polar surface area (TPSA) is 35.9 Å². The van der Waals surface area contributed by atoms with Gasteiger partial charge in [0.15, 0.2) is 0 Å². The number of ether oxygens (including phenoxy) is 1. The number of aliphatic hydroxyl groups is 1. The van der Waals surface area contributed by atoms with Gasteiger partial charge in [-0.25, -0.2) is 0 Å². The van der Waals surface area contributed by atoms with Gasteiger partial charge < -0.3 is 14.7 Å². The SMILES string of the molecule is COc1ccc(C(O)C(C)N2CC(C)C(N(C)C)C2)cc1. The zero-order chi connectivity index (χ0) is 15.6. The second-order valence-corrected chi connectivity index (χ2v) is 6.42. The largest absolute Gasteiger partial charge is 0.497 e. The fraction of sp³-hybridized carbons (Fsp3) is 0.647. The first-order valence-electron chi connectivity index (χ1n) is 7.66. The van der Waals surface area contributed by atoms with Gasteiger partial charge in [-0.3, -0.25) is 4.90 Å². The highest BCUT2D eigenvalue weighted by Crippen LogP contribution is 2.28. The van der Waals surface area contributed by atoms with Crippen LogP contribution in [0.2, 0.25) is 0 Å². The van der Waals surface area contributed by atoms with Crippen molar-refractivity contribution in [2.24, 2.45) is 5.92 Å². The van der Waals surface area contributed by atoms with Crippen LogP contribution in [-0.4, -0.2) is 61.3 Å². The van der Waals surface area contributed by atoms with Gasteiger partial charge in [-0.2, -0.15) is 0 Å². The first kappa shape index (κ1) is 16.3. The molecule has 1 fully saturated rings. The predicted molar refractivity (Wildman–Crippen MR) is 85.6 cm³/mol. The first-order chi connectivity index (χ1) is 9.93. The van der Waals surface area contributed by atoms with E-state index in [-0.39, 0.29) is 6.04 Å². The minimum absolute atomic E-state index is 0.116. The van der Waals surface area contributed by atoms with Crippen LogP contribution in [-0.2, 0) is 0 Å². The Morgan fingerprint density at radius 2 is 1.86 bits per heavy atom. The van der Waals surface area contributed by atoms with E-state index in [2.05, 4.69) is 37.7 Å². The quantitative estimate of drug-likeness (QED) is 0.900. The summed E-state index contributed by atoms with van der Waals surface area (Å²) in [6.07, 6.45) is -0.469. The molecule has 1 heterocycles. The first-order valence-corrected chi connectivity index (χ1v) is 7.66. The number of methoxy groups -OCH3 is 1. The summed E-state index contributed by atoms with van der Waals surface area (Å²) in [6, 6.07) is 8.38. The molecule has 4 unspecified atom stereocenters. The summed E-state index contributed by atoms with van der Waals surface area (Å²) in [6.45, 7) is 6.45. The summed E-state index contributed by atoms with van der Waals surface area (Å²) < 4.78 is 5.17. The molecule has 1 aliphatic rings. The van der Waals surface area contributed by atoms with Crippen LogP contribution < -0.4 is 4.74 Å². The standard InChI is InChI=1S/C17H28N2O2/c1-12-10-19(11-16(12)18(3)4)13(2)17(20)14-6-8-15(21-5)9-7-14/h6-9,12-13,16-17,20H,10-11H2,1-5H3. The molecule has 0 radical (unpaired) electrons. The molecule has 4 heteroatoms. The van der Waals surface area contributed by atoms with Crippen LogP contribution in [0.4, 0.5) is 0 Å². The molecule has 0 spiro atoms. The molecule has 118 valence electrons. The maximum absolute atomic E-state index is 10.6. The average Bonchev–Trinajstić information content (AvgIpc) is 2.88. The van der Waals surface area contributed by atoms with Gasteiger partial charge in [0.2, 0.25) is 0 Å². The molecule has 1 aromatic carbocycles. The summed E-state index contributed by atoms with van der Waals surface area (Å²) in [7, 11) is 5.92. The normalized spacial score (nSPS) is 26.0. The lowest BCUT2D eigenvalue weighted by Gasteiger charge is -2.29. The molecular weight excluding hydrogens is 264 g/mol. The highest BCUT2D eigenvalue weighted by Gasteiger charge is 2.35. The number of likely N-dealkylation sites (tertiary alicyclic amines) is 1. The molecule has 0 aromatic heterocycles. The van der Waals surface area contributed by atoms with Crippen LogP contribution in [0.1, 0.15) is 25.5 Å². The summed E-state index contributed by atoms with van der Waals surface area (Å²) in [5.74, 6) is 1.45. The maximum atomic E-state index is 10.6. The van der Waals surface area contributed by atoms with E-state index >= 15 is 0 Å². The lowest BCUT2D eigenvalue weighted by atomic mass is 10.0. The van der Waals surface area contributed by atoms with Crippen molar-refractivity contribution in [2.75, 3.05) is 34.3 Å². The minimum Gasteiger partial charge on any atom is -0.497 e. The van der Waals surface area contributed by atoms with Crippen LogP contribution in [0, 0.1) is 5.92 Å². The number of likely N-dealkylation sites (N-methyl/N-ethyl adjacent to an activating group) is 1. The molecule has 0 bridgehead atoms. The molecule has 0 aliphatic carbocycles. The van der Waals surface area contributed by atoms with Gasteiger partial charge in [-0.1, -0.05) is 19.1 Å². The van der Waals surface area contributed by atoms with Crippen LogP contribution >= 0.6 is 0 Å². The Kier molecular flexibility index (Phi) is 5.25. The number of hydrogen-bond donors (Lipinski definition) is 1. The number of benzene rings is 1. The van der Waals surface area contributed by atoms with Crippen LogP contribution in [0.25, 0.3) is 0 Å². The molecule has 0 amide bonds. The average molecular weight is 292 g/mol. The Balaban J connectivity index is 2.03. The van der Waals surface area contributed by atoms with Crippen molar-refractivity contribution in [2.45, 2.75) is 32.0 Å². The Morgan fingerprint density at radius 3 is 2.33 bits per heavy atom. The third kappa shape index (κ3) is 3.57. The van der Waals surface area contributed by atoms with Crippen LogP contribution in [0.15, 0.2) is 24.3 Å². The molecule has 21 heavy (non-hydrogen) atoms. The van der Waals surface area contributed by atoms with Crippen molar-refractivity contribution in [3.05, 3.63) is 29.8 Å². The Labute approximate surface area is 128 Å². The maximum Gasteiger partial charge on any atom is 0.118 e. The monoisotopic (exact) mass is 292 g/mol. The van der Waals surface area contributed by atoms with E-state index in [1.54, 1.807) is 7.11 Å². The van der Waals surface area contributed by atoms with Crippen molar-refractivity contribution in [3.63, 3.8) is 0 Å². The molecular formula is C17H28N2O2. The third-order valence-electron chi connectivity index (χ3n) is 4.75. The summed E-state index contributed by atoms with van der Waals surface area (Å²) >= 11 is 0. The van der Waals surface area contributed by atoms with E-state index in [1.165, 1.54) is 0 Å². The van der Waals surface area contributed by atoms with Gasteiger partial charge in [0, 0.05) is 25.2 Å². The van der Waals surface area contributed by atoms with Crippen LogP contribution in [0.3, 0.4) is 0 Å². The van der Waals surface area contributed by atoms with Gasteiger partial charge >= 0.3 is 0 Å². The molecule has 0 saturated carbocycles. The molecule has 1 N–H and O–H groups in total.